The van der Waals surface area contributed by atoms with Crippen LogP contribution in [0.2, 0.25) is 0 Å². The number of rotatable bonds is 15. The van der Waals surface area contributed by atoms with Crippen LogP contribution in [-0.4, -0.2) is 27.6 Å². The van der Waals surface area contributed by atoms with Crippen LogP contribution in [0.25, 0.3) is 0 Å². The Balaban J connectivity index is 0.00000103. The normalized spacial score (nSPS) is 12.1. The molecule has 0 fully saturated rings. The highest BCUT2D eigenvalue weighted by atomic mass is 32.3. The molecular weight excluding hydrogens is 627 g/mol. The zero-order chi connectivity index (χ0) is 36.3. The molecule has 0 aliphatic rings. The lowest BCUT2D eigenvalue weighted by Gasteiger charge is -2.40. The van der Waals surface area contributed by atoms with Crippen LogP contribution in [0.3, 0.4) is 0 Å². The van der Waals surface area contributed by atoms with Crippen molar-refractivity contribution in [2.24, 2.45) is 0 Å². The molecule has 0 aliphatic heterocycles. The number of nitrogens with one attached hydrogen (secondary N) is 1. The van der Waals surface area contributed by atoms with Crippen molar-refractivity contribution in [2.75, 3.05) is 19.6 Å². The predicted octanol–water partition coefficient (Wildman–Crippen LogP) is 10.9. The minimum Gasteiger partial charge on any atom is -0.665 e. The second-order valence-corrected chi connectivity index (χ2v) is 18.0. The first-order valence-electron chi connectivity index (χ1n) is 18.5. The van der Waals surface area contributed by atoms with Gasteiger partial charge >= 0.3 is 7.95 Å². The summed E-state index contributed by atoms with van der Waals surface area (Å²) < 4.78 is 21.1. The van der Waals surface area contributed by atoms with Crippen molar-refractivity contribution >= 4 is 20.0 Å². The lowest BCUT2D eigenvalue weighted by Crippen LogP contribution is -3.11. The Morgan fingerprint density at radius 2 is 0.625 bits per heavy atom. The fraction of sp³-hybridized carbons (Fsp3) is 0.571. The molecule has 0 heterocycles. The summed E-state index contributed by atoms with van der Waals surface area (Å²) in [5.74, 6) is 3.92. The standard InChI is InChI=1S/C36H51O3SSi.C6H15N/c1-22(2)28-16-13-17-29(23(3)4)34(28)37-41(40,38-35-30(24(5)6)18-14-19-31(35)25(7)8)39-36-32(26(9)10)20-15-21-33(36)27(11)12;1-4-7(5-2)6-3/h13-27H,1-12H3;4-6H2,1-3H3/q-1;/p+1. The zero-order valence-electron chi connectivity index (χ0n) is 32.9. The number of para-hydroxylation sites is 3. The maximum Gasteiger partial charge on any atom is 0.545 e. The molecule has 0 atom stereocenters. The Morgan fingerprint density at radius 3 is 0.750 bits per heavy atom. The molecule has 1 N–H and O–H groups in total. The predicted molar refractivity (Wildman–Crippen MR) is 211 cm³/mol. The van der Waals surface area contributed by atoms with E-state index in [-0.39, 0.29) is 35.5 Å². The van der Waals surface area contributed by atoms with Gasteiger partial charge in [-0.15, -0.1) is 0 Å². The summed E-state index contributed by atoms with van der Waals surface area (Å²) in [6.45, 7) is 36.8. The largest absolute Gasteiger partial charge is 0.665 e. The summed E-state index contributed by atoms with van der Waals surface area (Å²) >= 11 is 6.50. The van der Waals surface area contributed by atoms with E-state index in [1.807, 2.05) is 0 Å². The first kappa shape index (κ1) is 41.8. The molecule has 0 unspecified atom stereocenters. The number of hydrogen-bond acceptors (Lipinski definition) is 4. The molecule has 4 nitrogen and oxygen atoms in total. The molecular formula is C42H67NO3SSi. The minimum atomic E-state index is -3.85. The summed E-state index contributed by atoms with van der Waals surface area (Å²) in [4.78, 5) is 1.68. The van der Waals surface area contributed by atoms with Crippen molar-refractivity contribution in [3.63, 3.8) is 0 Å². The first-order valence-corrected chi connectivity index (χ1v) is 21.4. The van der Waals surface area contributed by atoms with Gasteiger partial charge in [0, 0.05) is 0 Å². The second kappa shape index (κ2) is 19.1. The van der Waals surface area contributed by atoms with Gasteiger partial charge in [0.2, 0.25) is 0 Å². The van der Waals surface area contributed by atoms with Crippen molar-refractivity contribution in [2.45, 2.75) is 139 Å². The SMILES string of the molecule is CC(C)c1cccc(C(C)C)c1O[Si]([S-])(Oc1c(C(C)C)cccc1C(C)C)Oc1c(C(C)C)cccc1C(C)C.CC[NH+](CC)CC. The van der Waals surface area contributed by atoms with Gasteiger partial charge < -0.3 is 30.3 Å². The fourth-order valence-electron chi connectivity index (χ4n) is 5.99. The first-order chi connectivity index (χ1) is 22.5. The van der Waals surface area contributed by atoms with E-state index in [4.69, 9.17) is 25.4 Å². The monoisotopic (exact) mass is 693 g/mol. The Bertz CT molecular complexity index is 1170. The Morgan fingerprint density at radius 1 is 0.438 bits per heavy atom. The maximum atomic E-state index is 7.04. The summed E-state index contributed by atoms with van der Waals surface area (Å²) in [6, 6.07) is 19.2. The van der Waals surface area contributed by atoms with Crippen molar-refractivity contribution in [3.05, 3.63) is 88.0 Å². The fourth-order valence-corrected chi connectivity index (χ4v) is 8.32. The average Bonchev–Trinajstić information content (AvgIpc) is 3.01. The summed E-state index contributed by atoms with van der Waals surface area (Å²) in [5.41, 5.74) is 6.71. The smallest absolute Gasteiger partial charge is 0.545 e. The van der Waals surface area contributed by atoms with Crippen LogP contribution in [0.1, 0.15) is 173 Å². The van der Waals surface area contributed by atoms with E-state index in [9.17, 15) is 0 Å². The highest BCUT2D eigenvalue weighted by Gasteiger charge is 2.37. The van der Waals surface area contributed by atoms with Crippen LogP contribution in [0, 0.1) is 0 Å². The van der Waals surface area contributed by atoms with Crippen LogP contribution in [0.15, 0.2) is 54.6 Å². The lowest BCUT2D eigenvalue weighted by molar-refractivity contribution is -0.894. The Kier molecular flexibility index (Phi) is 16.6. The maximum absolute atomic E-state index is 7.04. The lowest BCUT2D eigenvalue weighted by atomic mass is 9.94. The van der Waals surface area contributed by atoms with Crippen LogP contribution < -0.4 is 18.2 Å². The topological polar surface area (TPSA) is 32.1 Å². The number of hydrogen-bond donors (Lipinski definition) is 1. The number of quaternary nitrogens is 1. The van der Waals surface area contributed by atoms with Crippen molar-refractivity contribution < 1.29 is 18.2 Å². The summed E-state index contributed by atoms with van der Waals surface area (Å²) in [7, 11) is -3.85. The molecule has 0 radical (unpaired) electrons. The van der Waals surface area contributed by atoms with Crippen molar-refractivity contribution in [1.82, 2.24) is 0 Å². The molecule has 0 aliphatic carbocycles. The van der Waals surface area contributed by atoms with Crippen molar-refractivity contribution in [1.29, 1.82) is 0 Å². The third kappa shape index (κ3) is 11.0. The van der Waals surface area contributed by atoms with Gasteiger partial charge in [0.05, 0.1) is 19.6 Å². The minimum absolute atomic E-state index is 0.250. The van der Waals surface area contributed by atoms with Gasteiger partial charge in [-0.3, -0.25) is 0 Å². The van der Waals surface area contributed by atoms with Crippen molar-refractivity contribution in [3.8, 4) is 17.2 Å². The highest BCUT2D eigenvalue weighted by Crippen LogP contribution is 2.42. The van der Waals surface area contributed by atoms with E-state index >= 15 is 0 Å². The molecule has 0 saturated carbocycles. The average molecular weight is 694 g/mol. The molecule has 48 heavy (non-hydrogen) atoms. The van der Waals surface area contributed by atoms with Gasteiger partial charge in [0.1, 0.15) is 17.2 Å². The molecule has 268 valence electrons. The quantitative estimate of drug-likeness (QED) is 0.127. The second-order valence-electron chi connectivity index (χ2n) is 14.8. The van der Waals surface area contributed by atoms with Gasteiger partial charge in [-0.25, -0.2) is 0 Å². The molecule has 3 rings (SSSR count). The summed E-state index contributed by atoms with van der Waals surface area (Å²) in [6.07, 6.45) is 0. The molecule has 0 amide bonds. The molecule has 0 aromatic heterocycles. The van der Waals surface area contributed by atoms with E-state index in [0.29, 0.717) is 0 Å². The van der Waals surface area contributed by atoms with E-state index in [1.54, 1.807) is 4.90 Å². The molecule has 6 heteroatoms. The zero-order valence-corrected chi connectivity index (χ0v) is 34.7. The van der Waals surface area contributed by atoms with E-state index < -0.39 is 7.95 Å². The van der Waals surface area contributed by atoms with Gasteiger partial charge in [-0.05, 0) is 89.7 Å². The van der Waals surface area contributed by atoms with Crippen LogP contribution in [0.5, 0.6) is 17.2 Å². The molecule has 0 bridgehead atoms. The van der Waals surface area contributed by atoms with Gasteiger partial charge in [-0.2, -0.15) is 0 Å². The Labute approximate surface area is 301 Å². The third-order valence-electron chi connectivity index (χ3n) is 9.14. The van der Waals surface area contributed by atoms with Crippen LogP contribution >= 0.6 is 0 Å². The molecule has 0 spiro atoms. The van der Waals surface area contributed by atoms with Crippen LogP contribution in [0.4, 0.5) is 0 Å². The van der Waals surface area contributed by atoms with Crippen LogP contribution in [-0.2, 0) is 12.1 Å². The molecule has 3 aromatic carbocycles. The number of benzene rings is 3. The van der Waals surface area contributed by atoms with Gasteiger partial charge in [0.25, 0.3) is 0 Å². The van der Waals surface area contributed by atoms with Gasteiger partial charge in [0.15, 0.2) is 0 Å². The molecule has 0 saturated heterocycles. The van der Waals surface area contributed by atoms with Gasteiger partial charge in [-0.1, -0.05) is 138 Å². The summed E-state index contributed by atoms with van der Waals surface area (Å²) in [5, 5.41) is 0. The van der Waals surface area contributed by atoms with E-state index in [0.717, 1.165) is 50.6 Å². The Hall–Kier alpha value is -2.41. The van der Waals surface area contributed by atoms with E-state index in [2.05, 4.69) is 158 Å². The highest BCUT2D eigenvalue weighted by molar-refractivity contribution is 7.94. The third-order valence-corrected chi connectivity index (χ3v) is 11.3. The van der Waals surface area contributed by atoms with E-state index in [1.165, 1.54) is 19.6 Å². The molecule has 3 aromatic rings.